The molecule has 0 unspecified atom stereocenters. The lowest BCUT2D eigenvalue weighted by Crippen LogP contribution is -1.90. The lowest BCUT2D eigenvalue weighted by atomic mass is 9.99. The molecule has 0 N–H and O–H groups in total. The summed E-state index contributed by atoms with van der Waals surface area (Å²) in [5, 5.41) is 0. The van der Waals surface area contributed by atoms with Crippen LogP contribution in [-0.4, -0.2) is 0 Å². The first-order chi connectivity index (χ1) is 13.2. The van der Waals surface area contributed by atoms with E-state index in [0.29, 0.717) is 0 Å². The zero-order valence-corrected chi connectivity index (χ0v) is 17.0. The Bertz CT molecular complexity index is 898. The van der Waals surface area contributed by atoms with Crippen LogP contribution in [0.3, 0.4) is 0 Å². The van der Waals surface area contributed by atoms with Crippen LogP contribution < -0.4 is 0 Å². The lowest BCUT2D eigenvalue weighted by molar-refractivity contribution is 1.11. The van der Waals surface area contributed by atoms with Crippen LogP contribution in [0.4, 0.5) is 0 Å². The van der Waals surface area contributed by atoms with Crippen molar-refractivity contribution in [1.29, 1.82) is 0 Å². The Labute approximate surface area is 165 Å². The van der Waals surface area contributed by atoms with Gasteiger partial charge in [0.15, 0.2) is 0 Å². The molecule has 0 heteroatoms. The molecular formula is C27H30. The molecule has 0 amide bonds. The molecular weight excluding hydrogens is 324 g/mol. The fourth-order valence-corrected chi connectivity index (χ4v) is 2.93. The van der Waals surface area contributed by atoms with Gasteiger partial charge in [-0.15, -0.1) is 5.73 Å². The Morgan fingerprint density at radius 2 is 1.70 bits per heavy atom. The molecule has 0 fully saturated rings. The Hall–Kier alpha value is -2.82. The molecule has 0 aromatic heterocycles. The fourth-order valence-electron chi connectivity index (χ4n) is 2.93. The second-order valence-corrected chi connectivity index (χ2v) is 6.49. The summed E-state index contributed by atoms with van der Waals surface area (Å²) in [6.45, 7) is 12.4. The third-order valence-electron chi connectivity index (χ3n) is 4.60. The van der Waals surface area contributed by atoms with Crippen LogP contribution in [0.25, 0.3) is 12.2 Å². The number of benzene rings is 2. The van der Waals surface area contributed by atoms with Gasteiger partial charge in [0.2, 0.25) is 0 Å². The number of rotatable bonds is 5. The van der Waals surface area contributed by atoms with E-state index in [2.05, 4.69) is 99.0 Å². The van der Waals surface area contributed by atoms with E-state index >= 15 is 0 Å². The molecule has 2 aromatic rings. The quantitative estimate of drug-likeness (QED) is 0.380. The van der Waals surface area contributed by atoms with Crippen molar-refractivity contribution in [1.82, 2.24) is 0 Å². The van der Waals surface area contributed by atoms with Gasteiger partial charge in [-0.25, -0.2) is 0 Å². The third kappa shape index (κ3) is 5.84. The zero-order valence-electron chi connectivity index (χ0n) is 17.0. The van der Waals surface area contributed by atoms with E-state index in [9.17, 15) is 0 Å². The molecule has 0 atom stereocenters. The smallest absolute Gasteiger partial charge is 0.0167 e. The Morgan fingerprint density at radius 1 is 0.963 bits per heavy atom. The van der Waals surface area contributed by atoms with Gasteiger partial charge in [0, 0.05) is 5.57 Å². The van der Waals surface area contributed by atoms with Crippen molar-refractivity contribution < 1.29 is 0 Å². The van der Waals surface area contributed by atoms with Crippen molar-refractivity contribution in [2.45, 2.75) is 40.5 Å². The van der Waals surface area contributed by atoms with Gasteiger partial charge in [0.05, 0.1) is 0 Å². The molecule has 0 bridgehead atoms. The molecule has 138 valence electrons. The summed E-state index contributed by atoms with van der Waals surface area (Å²) in [6.07, 6.45) is 10.5. The van der Waals surface area contributed by atoms with Crippen LogP contribution in [0, 0.1) is 0 Å². The van der Waals surface area contributed by atoms with Crippen LogP contribution in [0.15, 0.2) is 89.7 Å². The van der Waals surface area contributed by atoms with Crippen LogP contribution in [0.5, 0.6) is 0 Å². The van der Waals surface area contributed by atoms with E-state index in [-0.39, 0.29) is 0 Å². The molecule has 1 aliphatic rings. The summed E-state index contributed by atoms with van der Waals surface area (Å²) in [4.78, 5) is 0. The van der Waals surface area contributed by atoms with Crippen LogP contribution in [0.2, 0.25) is 0 Å². The summed E-state index contributed by atoms with van der Waals surface area (Å²) in [7, 11) is 0. The summed E-state index contributed by atoms with van der Waals surface area (Å²) >= 11 is 0. The number of allylic oxidation sites excluding steroid dienone is 5. The highest BCUT2D eigenvalue weighted by Crippen LogP contribution is 2.22. The minimum absolute atomic E-state index is 0.960. The van der Waals surface area contributed by atoms with Crippen molar-refractivity contribution in [3.8, 4) is 0 Å². The van der Waals surface area contributed by atoms with Gasteiger partial charge in [-0.3, -0.25) is 0 Å². The SMILES string of the molecule is C=C(CC)/C(C)=C/C1=C=Cc2ccc(Cc3ccccc3)cc2C=C1.CC. The fraction of sp³-hybridized carbons (Fsp3) is 0.222. The van der Waals surface area contributed by atoms with Gasteiger partial charge < -0.3 is 0 Å². The molecule has 2 aromatic carbocycles. The number of hydrogen-bond acceptors (Lipinski definition) is 0. The molecule has 0 spiro atoms. The molecule has 0 nitrogen and oxygen atoms in total. The average Bonchev–Trinajstić information content (AvgIpc) is 2.91. The molecule has 27 heavy (non-hydrogen) atoms. The predicted molar refractivity (Wildman–Crippen MR) is 121 cm³/mol. The molecule has 1 aliphatic carbocycles. The predicted octanol–water partition coefficient (Wildman–Crippen LogP) is 7.78. The van der Waals surface area contributed by atoms with Gasteiger partial charge in [-0.1, -0.05) is 87.5 Å². The Balaban J connectivity index is 0.00000126. The van der Waals surface area contributed by atoms with E-state index in [1.165, 1.54) is 33.4 Å². The number of hydrogen-bond donors (Lipinski definition) is 0. The first-order valence-corrected chi connectivity index (χ1v) is 9.84. The highest BCUT2D eigenvalue weighted by Gasteiger charge is 2.04. The van der Waals surface area contributed by atoms with Crippen molar-refractivity contribution in [2.24, 2.45) is 0 Å². The highest BCUT2D eigenvalue weighted by atomic mass is 14.1. The summed E-state index contributed by atoms with van der Waals surface area (Å²) < 4.78 is 0. The summed E-state index contributed by atoms with van der Waals surface area (Å²) in [5.41, 5.74) is 12.0. The van der Waals surface area contributed by atoms with Gasteiger partial charge in [0.25, 0.3) is 0 Å². The maximum absolute atomic E-state index is 4.11. The van der Waals surface area contributed by atoms with Gasteiger partial charge in [-0.05, 0) is 65.8 Å². The van der Waals surface area contributed by atoms with Crippen molar-refractivity contribution in [3.05, 3.63) is 112 Å². The zero-order chi connectivity index (χ0) is 19.6. The Kier molecular flexibility index (Phi) is 7.86. The van der Waals surface area contributed by atoms with E-state index < -0.39 is 0 Å². The van der Waals surface area contributed by atoms with Crippen LogP contribution in [0.1, 0.15) is 56.4 Å². The molecule has 0 radical (unpaired) electrons. The third-order valence-corrected chi connectivity index (χ3v) is 4.60. The topological polar surface area (TPSA) is 0 Å². The molecule has 0 aliphatic heterocycles. The summed E-state index contributed by atoms with van der Waals surface area (Å²) in [5.74, 6) is 0. The van der Waals surface area contributed by atoms with Gasteiger partial charge in [-0.2, -0.15) is 0 Å². The molecule has 0 saturated carbocycles. The monoisotopic (exact) mass is 354 g/mol. The van der Waals surface area contributed by atoms with Crippen molar-refractivity contribution >= 4 is 12.2 Å². The van der Waals surface area contributed by atoms with Crippen molar-refractivity contribution in [2.75, 3.05) is 0 Å². The van der Waals surface area contributed by atoms with E-state index in [1.54, 1.807) is 0 Å². The largest absolute Gasteiger partial charge is 0.112 e. The van der Waals surface area contributed by atoms with E-state index in [1.807, 2.05) is 13.8 Å². The summed E-state index contributed by atoms with van der Waals surface area (Å²) in [6, 6.07) is 17.3. The maximum Gasteiger partial charge on any atom is 0.0167 e. The highest BCUT2D eigenvalue weighted by molar-refractivity contribution is 5.71. The maximum atomic E-state index is 4.11. The molecule has 0 heterocycles. The minimum Gasteiger partial charge on any atom is -0.112 e. The van der Waals surface area contributed by atoms with Gasteiger partial charge in [0.1, 0.15) is 0 Å². The standard InChI is InChI=1S/C25H24.C2H6/c1-4-19(2)20(3)16-22-10-13-24-14-12-23(18-25(24)15-11-22)17-21-8-6-5-7-9-21;1-2/h5-9,11-16,18H,2,4,17H2,1,3H3;1-2H3/b20-16+;. The first kappa shape index (κ1) is 20.5. The van der Waals surface area contributed by atoms with Crippen molar-refractivity contribution in [3.63, 3.8) is 0 Å². The van der Waals surface area contributed by atoms with Crippen LogP contribution >= 0.6 is 0 Å². The second kappa shape index (κ2) is 10.4. The number of fused-ring (bicyclic) bond motifs is 1. The molecule has 3 rings (SSSR count). The average molecular weight is 355 g/mol. The van der Waals surface area contributed by atoms with E-state index in [4.69, 9.17) is 0 Å². The van der Waals surface area contributed by atoms with Gasteiger partial charge >= 0.3 is 0 Å². The molecule has 0 saturated heterocycles. The normalized spacial score (nSPS) is 12.4. The Morgan fingerprint density at radius 3 is 2.41 bits per heavy atom. The second-order valence-electron chi connectivity index (χ2n) is 6.49. The van der Waals surface area contributed by atoms with Crippen LogP contribution in [-0.2, 0) is 6.42 Å². The first-order valence-electron chi connectivity index (χ1n) is 9.84. The van der Waals surface area contributed by atoms with E-state index in [0.717, 1.165) is 18.4 Å². The minimum atomic E-state index is 0.960. The lowest BCUT2D eigenvalue weighted by Gasteiger charge is -2.06.